The van der Waals surface area contributed by atoms with E-state index in [4.69, 9.17) is 15.0 Å². The van der Waals surface area contributed by atoms with E-state index in [0.29, 0.717) is 17.5 Å². The van der Waals surface area contributed by atoms with E-state index in [2.05, 4.69) is 188 Å². The van der Waals surface area contributed by atoms with Crippen molar-refractivity contribution in [1.29, 1.82) is 0 Å². The summed E-state index contributed by atoms with van der Waals surface area (Å²) in [5, 5.41) is 4.97. The van der Waals surface area contributed by atoms with Gasteiger partial charge in [-0.3, -0.25) is 0 Å². The minimum absolute atomic E-state index is 0.650. The Labute approximate surface area is 331 Å². The number of rotatable bonds is 6. The van der Waals surface area contributed by atoms with E-state index in [0.717, 1.165) is 22.3 Å². The molecule has 3 nitrogen and oxygen atoms in total. The largest absolute Gasteiger partial charge is 0.208 e. The van der Waals surface area contributed by atoms with Crippen LogP contribution in [0.3, 0.4) is 0 Å². The van der Waals surface area contributed by atoms with Gasteiger partial charge in [0.1, 0.15) is 0 Å². The molecule has 0 amide bonds. The van der Waals surface area contributed by atoms with Crippen molar-refractivity contribution in [2.45, 2.75) is 0 Å². The predicted octanol–water partition coefficient (Wildman–Crippen LogP) is 14.6. The Balaban J connectivity index is 1.04. The van der Waals surface area contributed by atoms with Crippen molar-refractivity contribution in [2.75, 3.05) is 0 Å². The molecule has 0 unspecified atom stereocenters. The van der Waals surface area contributed by atoms with Crippen LogP contribution in [-0.4, -0.2) is 15.0 Å². The fourth-order valence-corrected chi connectivity index (χ4v) is 10.1. The molecule has 11 rings (SSSR count). The number of hydrogen-bond donors (Lipinski definition) is 0. The molecule has 262 valence electrons. The molecule has 11 aromatic rings. The molecular weight excluding hydrogens is 719 g/mol. The lowest BCUT2D eigenvalue weighted by molar-refractivity contribution is 1.08. The third kappa shape index (κ3) is 5.77. The third-order valence-electron chi connectivity index (χ3n) is 10.6. The summed E-state index contributed by atoms with van der Waals surface area (Å²) in [4.78, 5) is 15.6. The second-order valence-electron chi connectivity index (χ2n) is 14.0. The maximum Gasteiger partial charge on any atom is 0.165 e. The van der Waals surface area contributed by atoms with Crippen molar-refractivity contribution >= 4 is 63.0 Å². The molecule has 3 heterocycles. The summed E-state index contributed by atoms with van der Waals surface area (Å²) in [6.45, 7) is 0. The average molecular weight is 750 g/mol. The van der Waals surface area contributed by atoms with Gasteiger partial charge in [-0.15, -0.1) is 22.7 Å². The van der Waals surface area contributed by atoms with E-state index >= 15 is 0 Å². The van der Waals surface area contributed by atoms with E-state index in [1.807, 2.05) is 11.3 Å². The highest BCUT2D eigenvalue weighted by Crippen LogP contribution is 2.41. The van der Waals surface area contributed by atoms with Crippen molar-refractivity contribution in [3.63, 3.8) is 0 Å². The molecule has 0 saturated heterocycles. The number of benzene rings is 8. The van der Waals surface area contributed by atoms with Crippen LogP contribution >= 0.6 is 22.7 Å². The highest BCUT2D eigenvalue weighted by Gasteiger charge is 2.18. The van der Waals surface area contributed by atoms with Crippen LogP contribution in [0.2, 0.25) is 0 Å². The van der Waals surface area contributed by atoms with Crippen molar-refractivity contribution in [2.24, 2.45) is 0 Å². The summed E-state index contributed by atoms with van der Waals surface area (Å²) < 4.78 is 4.90. The molecule has 3 aromatic heterocycles. The van der Waals surface area contributed by atoms with E-state index in [1.54, 1.807) is 11.3 Å². The SMILES string of the molecule is c1ccc(-c2cccc(-c3ccc(-c4nc(-c5ccc6c(c5)sc5ccc(-c7ccccc7)cc56)nc(-c5cccc6c5sc5ccccc56)n4)cc3)c2)cc1. The Bertz CT molecular complexity index is 3240. The summed E-state index contributed by atoms with van der Waals surface area (Å²) in [5.41, 5.74) is 10.1. The first-order valence-corrected chi connectivity index (χ1v) is 20.3. The molecule has 0 aliphatic rings. The standard InChI is InChI=1S/C51H31N3S2/c1-3-11-32(12-4-1)36-15-9-16-37(29-36)34-21-23-35(24-22-34)49-52-50(54-51(53-49)43-19-10-18-42-40-17-7-8-20-45(40)56-48(42)43)39-25-27-41-44-30-38(33-13-5-2-6-14-33)26-28-46(44)55-47(41)31-39/h1-31H. The van der Waals surface area contributed by atoms with Gasteiger partial charge in [-0.05, 0) is 69.8 Å². The van der Waals surface area contributed by atoms with Gasteiger partial charge in [0.25, 0.3) is 0 Å². The predicted molar refractivity (Wildman–Crippen MR) is 238 cm³/mol. The Morgan fingerprint density at radius 2 is 0.786 bits per heavy atom. The smallest absolute Gasteiger partial charge is 0.165 e. The van der Waals surface area contributed by atoms with Crippen LogP contribution in [0.1, 0.15) is 0 Å². The van der Waals surface area contributed by atoms with E-state index in [1.165, 1.54) is 68.2 Å². The highest BCUT2D eigenvalue weighted by atomic mass is 32.1. The van der Waals surface area contributed by atoms with Gasteiger partial charge in [0.2, 0.25) is 0 Å². The quantitative estimate of drug-likeness (QED) is 0.170. The molecule has 0 aliphatic heterocycles. The van der Waals surface area contributed by atoms with Gasteiger partial charge in [0.05, 0.1) is 0 Å². The summed E-state index contributed by atoms with van der Waals surface area (Å²) in [7, 11) is 0. The second kappa shape index (κ2) is 13.5. The highest BCUT2D eigenvalue weighted by molar-refractivity contribution is 7.26. The Hall–Kier alpha value is -6.79. The van der Waals surface area contributed by atoms with Crippen LogP contribution in [0.25, 0.3) is 108 Å². The van der Waals surface area contributed by atoms with Crippen LogP contribution in [0.4, 0.5) is 0 Å². The minimum Gasteiger partial charge on any atom is -0.208 e. The zero-order chi connectivity index (χ0) is 37.0. The molecule has 0 fully saturated rings. The summed E-state index contributed by atoms with van der Waals surface area (Å²) in [5.74, 6) is 1.98. The topological polar surface area (TPSA) is 38.7 Å². The van der Waals surface area contributed by atoms with E-state index in [9.17, 15) is 0 Å². The number of nitrogens with zero attached hydrogens (tertiary/aromatic N) is 3. The molecule has 0 spiro atoms. The summed E-state index contributed by atoms with van der Waals surface area (Å²) >= 11 is 3.60. The van der Waals surface area contributed by atoms with Crippen LogP contribution in [0.15, 0.2) is 188 Å². The molecule has 0 N–H and O–H groups in total. The molecule has 0 saturated carbocycles. The Morgan fingerprint density at radius 3 is 1.55 bits per heavy atom. The van der Waals surface area contributed by atoms with E-state index in [-0.39, 0.29) is 0 Å². The lowest BCUT2D eigenvalue weighted by Crippen LogP contribution is -2.00. The number of aromatic nitrogens is 3. The maximum atomic E-state index is 5.23. The van der Waals surface area contributed by atoms with Gasteiger partial charge >= 0.3 is 0 Å². The van der Waals surface area contributed by atoms with E-state index < -0.39 is 0 Å². The van der Waals surface area contributed by atoms with Gasteiger partial charge in [-0.25, -0.2) is 15.0 Å². The van der Waals surface area contributed by atoms with Crippen molar-refractivity contribution in [1.82, 2.24) is 15.0 Å². The Morgan fingerprint density at radius 1 is 0.268 bits per heavy atom. The number of fused-ring (bicyclic) bond motifs is 6. The summed E-state index contributed by atoms with van der Waals surface area (Å²) in [6, 6.07) is 66.9. The minimum atomic E-state index is 0.650. The first kappa shape index (κ1) is 32.6. The first-order chi connectivity index (χ1) is 27.7. The molecule has 0 radical (unpaired) electrons. The van der Waals surface area contributed by atoms with Crippen molar-refractivity contribution in [3.8, 4) is 67.5 Å². The molecule has 0 atom stereocenters. The van der Waals surface area contributed by atoms with Gasteiger partial charge in [0.15, 0.2) is 17.5 Å². The van der Waals surface area contributed by atoms with Gasteiger partial charge in [-0.1, -0.05) is 152 Å². The van der Waals surface area contributed by atoms with Crippen LogP contribution < -0.4 is 0 Å². The van der Waals surface area contributed by atoms with Crippen molar-refractivity contribution in [3.05, 3.63) is 188 Å². The maximum absolute atomic E-state index is 5.23. The van der Waals surface area contributed by atoms with Gasteiger partial charge in [0, 0.05) is 57.0 Å². The molecule has 0 aliphatic carbocycles. The van der Waals surface area contributed by atoms with Crippen LogP contribution in [0.5, 0.6) is 0 Å². The molecular formula is C51H31N3S2. The lowest BCUT2D eigenvalue weighted by atomic mass is 9.98. The number of hydrogen-bond acceptors (Lipinski definition) is 5. The van der Waals surface area contributed by atoms with Crippen molar-refractivity contribution < 1.29 is 0 Å². The monoisotopic (exact) mass is 749 g/mol. The number of thiophene rings is 2. The van der Waals surface area contributed by atoms with Crippen LogP contribution in [-0.2, 0) is 0 Å². The lowest BCUT2D eigenvalue weighted by Gasteiger charge is -2.10. The second-order valence-corrected chi connectivity index (χ2v) is 16.1. The van der Waals surface area contributed by atoms with Crippen LogP contribution in [0, 0.1) is 0 Å². The first-order valence-electron chi connectivity index (χ1n) is 18.7. The third-order valence-corrected chi connectivity index (χ3v) is 12.9. The fourth-order valence-electron chi connectivity index (χ4n) is 7.72. The van der Waals surface area contributed by atoms with Gasteiger partial charge < -0.3 is 0 Å². The molecule has 0 bridgehead atoms. The normalized spacial score (nSPS) is 11.6. The molecule has 8 aromatic carbocycles. The average Bonchev–Trinajstić information content (AvgIpc) is 3.85. The Kier molecular flexibility index (Phi) is 7.87. The molecule has 56 heavy (non-hydrogen) atoms. The molecule has 5 heteroatoms. The zero-order valence-electron chi connectivity index (χ0n) is 30.1. The zero-order valence-corrected chi connectivity index (χ0v) is 31.7. The van der Waals surface area contributed by atoms with Gasteiger partial charge in [-0.2, -0.15) is 0 Å². The fraction of sp³-hybridized carbons (Fsp3) is 0. The summed E-state index contributed by atoms with van der Waals surface area (Å²) in [6.07, 6.45) is 0.